The molecule has 3 N–H and O–H groups in total. The van der Waals surface area contributed by atoms with Crippen LogP contribution in [-0.2, 0) is 4.79 Å². The van der Waals surface area contributed by atoms with Crippen LogP contribution in [0.1, 0.15) is 27.2 Å². The van der Waals surface area contributed by atoms with Crippen molar-refractivity contribution in [3.63, 3.8) is 0 Å². The van der Waals surface area contributed by atoms with Gasteiger partial charge in [0.15, 0.2) is 0 Å². The molecule has 24 heavy (non-hydrogen) atoms. The van der Waals surface area contributed by atoms with E-state index in [9.17, 15) is 9.59 Å². The molecule has 7 nitrogen and oxygen atoms in total. The quantitative estimate of drug-likeness (QED) is 0.748. The van der Waals surface area contributed by atoms with Crippen LogP contribution in [0.5, 0.6) is 0 Å². The van der Waals surface area contributed by atoms with Crippen LogP contribution in [0, 0.1) is 0 Å². The van der Waals surface area contributed by atoms with Crippen LogP contribution in [0.4, 0.5) is 10.5 Å². The number of anilines is 1. The summed E-state index contributed by atoms with van der Waals surface area (Å²) in [6.07, 6.45) is 0.839. The molecule has 128 valence electrons. The molecule has 1 aromatic carbocycles. The zero-order chi connectivity index (χ0) is 17.5. The maximum Gasteiger partial charge on any atom is 0.319 e. The van der Waals surface area contributed by atoms with Gasteiger partial charge in [0.25, 0.3) is 0 Å². The molecule has 2 rings (SSSR count). The zero-order valence-electron chi connectivity index (χ0n) is 13.9. The maximum atomic E-state index is 12.0. The largest absolute Gasteiger partial charge is 0.352 e. The molecule has 0 saturated heterocycles. The van der Waals surface area contributed by atoms with Crippen LogP contribution in [0.3, 0.4) is 0 Å². The first-order valence-electron chi connectivity index (χ1n) is 7.75. The van der Waals surface area contributed by atoms with Crippen molar-refractivity contribution in [3.8, 4) is 11.3 Å². The number of hydrogen-bond donors (Lipinski definition) is 3. The first kappa shape index (κ1) is 17.9. The van der Waals surface area contributed by atoms with E-state index >= 15 is 0 Å². The number of benzene rings is 1. The van der Waals surface area contributed by atoms with Crippen molar-refractivity contribution in [1.29, 1.82) is 0 Å². The fourth-order valence-corrected chi connectivity index (χ4v) is 2.38. The summed E-state index contributed by atoms with van der Waals surface area (Å²) in [5, 5.41) is 14.0. The summed E-state index contributed by atoms with van der Waals surface area (Å²) in [7, 11) is 0. The Labute approximate surface area is 145 Å². The molecule has 0 aliphatic rings. The highest BCUT2D eigenvalue weighted by molar-refractivity contribution is 7.03. The normalized spacial score (nSPS) is 13.0. The minimum Gasteiger partial charge on any atom is -0.352 e. The lowest BCUT2D eigenvalue weighted by molar-refractivity contribution is -0.123. The van der Waals surface area contributed by atoms with Gasteiger partial charge in [-0.25, -0.2) is 4.79 Å². The Kier molecular flexibility index (Phi) is 6.25. The summed E-state index contributed by atoms with van der Waals surface area (Å²) in [5.41, 5.74) is 2.36. The fraction of sp³-hybridized carbons (Fsp3) is 0.375. The molecule has 2 aromatic rings. The molecule has 1 heterocycles. The Balaban J connectivity index is 1.87. The number of nitrogens with one attached hydrogen (secondary N) is 3. The predicted molar refractivity (Wildman–Crippen MR) is 94.9 cm³/mol. The van der Waals surface area contributed by atoms with Gasteiger partial charge in [-0.15, -0.1) is 5.10 Å². The van der Waals surface area contributed by atoms with Gasteiger partial charge in [-0.05, 0) is 43.9 Å². The molecule has 0 aliphatic carbocycles. The summed E-state index contributed by atoms with van der Waals surface area (Å²) in [6.45, 7) is 5.56. The number of nitrogens with zero attached hydrogens (tertiary/aromatic N) is 2. The number of rotatable bonds is 6. The molecule has 0 saturated carbocycles. The van der Waals surface area contributed by atoms with Crippen molar-refractivity contribution in [1.82, 2.24) is 20.2 Å². The van der Waals surface area contributed by atoms with Gasteiger partial charge in [0.05, 0.1) is 0 Å². The number of amides is 3. The van der Waals surface area contributed by atoms with Crippen LogP contribution in [0.15, 0.2) is 29.6 Å². The summed E-state index contributed by atoms with van der Waals surface area (Å²) < 4.78 is 3.82. The number of carbonyl (C=O) groups excluding carboxylic acids is 2. The Hall–Kier alpha value is -2.48. The second-order valence-electron chi connectivity index (χ2n) is 5.51. The van der Waals surface area contributed by atoms with Gasteiger partial charge in [0, 0.05) is 22.7 Å². The Bertz CT molecular complexity index is 672. The highest BCUT2D eigenvalue weighted by Gasteiger charge is 2.16. The molecule has 1 aromatic heterocycles. The third-order valence-corrected chi connectivity index (χ3v) is 4.05. The Morgan fingerprint density at radius 2 is 1.88 bits per heavy atom. The SMILES string of the molecule is CC[C@@H](C)NC(=O)[C@H](C)NC(=O)Nc1ccc(-c2csnn2)cc1. The molecule has 0 unspecified atom stereocenters. The summed E-state index contributed by atoms with van der Waals surface area (Å²) in [5.74, 6) is -0.203. The van der Waals surface area contributed by atoms with Crippen LogP contribution in [0.2, 0.25) is 0 Å². The number of hydrogen-bond acceptors (Lipinski definition) is 5. The molecule has 0 aliphatic heterocycles. The van der Waals surface area contributed by atoms with E-state index in [0.29, 0.717) is 5.69 Å². The van der Waals surface area contributed by atoms with E-state index in [-0.39, 0.29) is 11.9 Å². The van der Waals surface area contributed by atoms with Crippen molar-refractivity contribution in [2.24, 2.45) is 0 Å². The minimum atomic E-state index is -0.612. The molecule has 8 heteroatoms. The molecule has 2 atom stereocenters. The monoisotopic (exact) mass is 347 g/mol. The van der Waals surface area contributed by atoms with Gasteiger partial charge in [-0.1, -0.05) is 23.5 Å². The third-order valence-electron chi connectivity index (χ3n) is 3.54. The molecule has 0 fully saturated rings. The van der Waals surface area contributed by atoms with E-state index in [1.54, 1.807) is 19.1 Å². The van der Waals surface area contributed by atoms with E-state index in [4.69, 9.17) is 0 Å². The molecular formula is C16H21N5O2S. The lowest BCUT2D eigenvalue weighted by atomic mass is 10.1. The molecule has 0 radical (unpaired) electrons. The molecule has 3 amide bonds. The number of carbonyl (C=O) groups is 2. The van der Waals surface area contributed by atoms with Crippen LogP contribution in [-0.4, -0.2) is 33.6 Å². The summed E-state index contributed by atoms with van der Waals surface area (Å²) in [4.78, 5) is 23.9. The lowest BCUT2D eigenvalue weighted by Crippen LogP contribution is -2.48. The van der Waals surface area contributed by atoms with E-state index in [0.717, 1.165) is 17.7 Å². The third kappa shape index (κ3) is 5.02. The van der Waals surface area contributed by atoms with Gasteiger partial charge in [0.2, 0.25) is 5.91 Å². The lowest BCUT2D eigenvalue weighted by Gasteiger charge is -2.17. The predicted octanol–water partition coefficient (Wildman–Crippen LogP) is 2.63. The van der Waals surface area contributed by atoms with Crippen LogP contribution >= 0.6 is 11.5 Å². The average Bonchev–Trinajstić information content (AvgIpc) is 3.09. The fourth-order valence-electron chi connectivity index (χ4n) is 1.91. The van der Waals surface area contributed by atoms with Gasteiger partial charge >= 0.3 is 6.03 Å². The molecular weight excluding hydrogens is 326 g/mol. The summed E-state index contributed by atoms with van der Waals surface area (Å²) >= 11 is 1.29. The number of urea groups is 1. The molecule has 0 spiro atoms. The second-order valence-corrected chi connectivity index (χ2v) is 6.12. The zero-order valence-corrected chi connectivity index (χ0v) is 14.7. The van der Waals surface area contributed by atoms with Crippen molar-refractivity contribution < 1.29 is 9.59 Å². The van der Waals surface area contributed by atoms with Crippen LogP contribution < -0.4 is 16.0 Å². The van der Waals surface area contributed by atoms with Gasteiger partial charge in [-0.3, -0.25) is 4.79 Å². The standard InChI is InChI=1S/C16H21N5O2S/c1-4-10(2)17-15(22)11(3)18-16(23)19-13-7-5-12(6-8-13)14-9-24-21-20-14/h5-11H,4H2,1-3H3,(H,17,22)(H2,18,19,23)/t10-,11+/m1/s1. The van der Waals surface area contributed by atoms with Crippen molar-refractivity contribution in [2.45, 2.75) is 39.3 Å². The highest BCUT2D eigenvalue weighted by atomic mass is 32.1. The van der Waals surface area contributed by atoms with Gasteiger partial charge in [-0.2, -0.15) is 0 Å². The summed E-state index contributed by atoms with van der Waals surface area (Å²) in [6, 6.07) is 6.30. The first-order valence-corrected chi connectivity index (χ1v) is 8.58. The minimum absolute atomic E-state index is 0.0811. The Morgan fingerprint density at radius 3 is 2.46 bits per heavy atom. The topological polar surface area (TPSA) is 96.0 Å². The van der Waals surface area contributed by atoms with E-state index in [1.807, 2.05) is 31.4 Å². The van der Waals surface area contributed by atoms with Crippen LogP contribution in [0.25, 0.3) is 11.3 Å². The maximum absolute atomic E-state index is 12.0. The van der Waals surface area contributed by atoms with Gasteiger partial charge < -0.3 is 16.0 Å². The van der Waals surface area contributed by atoms with Crippen molar-refractivity contribution in [3.05, 3.63) is 29.6 Å². The Morgan fingerprint density at radius 1 is 1.17 bits per heavy atom. The smallest absolute Gasteiger partial charge is 0.319 e. The highest BCUT2D eigenvalue weighted by Crippen LogP contribution is 2.19. The van der Waals surface area contributed by atoms with Gasteiger partial charge in [0.1, 0.15) is 11.7 Å². The average molecular weight is 347 g/mol. The second kappa shape index (κ2) is 8.39. The van der Waals surface area contributed by atoms with E-state index in [2.05, 4.69) is 25.5 Å². The molecule has 0 bridgehead atoms. The van der Waals surface area contributed by atoms with E-state index < -0.39 is 12.1 Å². The van der Waals surface area contributed by atoms with Crippen molar-refractivity contribution in [2.75, 3.05) is 5.32 Å². The van der Waals surface area contributed by atoms with Crippen molar-refractivity contribution >= 4 is 29.2 Å². The van der Waals surface area contributed by atoms with E-state index in [1.165, 1.54) is 11.5 Å². The number of aromatic nitrogens is 2. The first-order chi connectivity index (χ1) is 11.5.